The Balaban J connectivity index is 2.64. The largest absolute Gasteiger partial charge is 0.391 e. The Kier molecular flexibility index (Phi) is 2.98. The number of alkyl halides is 3. The van der Waals surface area contributed by atoms with Gasteiger partial charge >= 0.3 is 6.18 Å². The number of hydrogen-bond donors (Lipinski definition) is 1. The Bertz CT molecular complexity index is 279. The first-order valence-electron chi connectivity index (χ1n) is 3.69. The molecule has 1 N–H and O–H groups in total. The zero-order valence-electron chi connectivity index (χ0n) is 6.93. The van der Waals surface area contributed by atoms with Crippen molar-refractivity contribution < 1.29 is 18.3 Å². The van der Waals surface area contributed by atoms with Gasteiger partial charge in [0, 0.05) is 9.75 Å². The van der Waals surface area contributed by atoms with Gasteiger partial charge in [0.1, 0.15) is 0 Å². The molecule has 0 aliphatic heterocycles. The minimum atomic E-state index is -4.31. The van der Waals surface area contributed by atoms with Crippen LogP contribution in [0.2, 0.25) is 0 Å². The van der Waals surface area contributed by atoms with Gasteiger partial charge in [-0.3, -0.25) is 0 Å². The van der Waals surface area contributed by atoms with Crippen LogP contribution in [-0.4, -0.2) is 11.3 Å². The summed E-state index contributed by atoms with van der Waals surface area (Å²) in [4.78, 5) is 1.27. The summed E-state index contributed by atoms with van der Waals surface area (Å²) in [7, 11) is 0. The van der Waals surface area contributed by atoms with Gasteiger partial charge in [-0.2, -0.15) is 13.2 Å². The number of rotatable bonds is 2. The van der Waals surface area contributed by atoms with Gasteiger partial charge in [-0.25, -0.2) is 0 Å². The molecular formula is C8H9F3OS. The highest BCUT2D eigenvalue weighted by atomic mass is 32.1. The quantitative estimate of drug-likeness (QED) is 0.795. The van der Waals surface area contributed by atoms with Gasteiger partial charge in [0.2, 0.25) is 0 Å². The number of halogens is 3. The van der Waals surface area contributed by atoms with Crippen LogP contribution in [0.15, 0.2) is 12.1 Å². The highest BCUT2D eigenvalue weighted by molar-refractivity contribution is 7.12. The Labute approximate surface area is 77.8 Å². The average Bonchev–Trinajstić information content (AvgIpc) is 2.31. The van der Waals surface area contributed by atoms with Gasteiger partial charge in [-0.05, 0) is 19.1 Å². The number of aryl methyl sites for hydroxylation is 1. The molecule has 0 amide bonds. The molecule has 1 aromatic heterocycles. The molecule has 1 rings (SSSR count). The lowest BCUT2D eigenvalue weighted by molar-refractivity contribution is -0.153. The fraction of sp³-hybridized carbons (Fsp3) is 0.500. The summed E-state index contributed by atoms with van der Waals surface area (Å²) in [5.41, 5.74) is 0. The summed E-state index contributed by atoms with van der Waals surface area (Å²) in [6.07, 6.45) is -6.90. The van der Waals surface area contributed by atoms with Crippen molar-refractivity contribution in [3.63, 3.8) is 0 Å². The molecule has 0 saturated carbocycles. The van der Waals surface area contributed by atoms with E-state index in [2.05, 4.69) is 0 Å². The molecule has 0 aliphatic rings. The zero-order chi connectivity index (χ0) is 10.1. The number of aliphatic hydroxyl groups is 1. The monoisotopic (exact) mass is 210 g/mol. The van der Waals surface area contributed by atoms with Crippen LogP contribution in [0.3, 0.4) is 0 Å². The maximum atomic E-state index is 11.8. The maximum Gasteiger partial charge on any atom is 0.391 e. The lowest BCUT2D eigenvalue weighted by atomic mass is 10.2. The lowest BCUT2D eigenvalue weighted by Crippen LogP contribution is -2.12. The van der Waals surface area contributed by atoms with E-state index < -0.39 is 18.7 Å². The fourth-order valence-corrected chi connectivity index (χ4v) is 1.82. The molecule has 0 radical (unpaired) electrons. The van der Waals surface area contributed by atoms with E-state index in [0.29, 0.717) is 4.88 Å². The van der Waals surface area contributed by atoms with Gasteiger partial charge in [0.15, 0.2) is 0 Å². The third-order valence-corrected chi connectivity index (χ3v) is 2.62. The van der Waals surface area contributed by atoms with Crippen molar-refractivity contribution in [2.24, 2.45) is 0 Å². The molecule has 1 heterocycles. The molecule has 0 fully saturated rings. The highest BCUT2D eigenvalue weighted by Crippen LogP contribution is 2.32. The second-order valence-corrected chi connectivity index (χ2v) is 4.10. The van der Waals surface area contributed by atoms with E-state index in [0.717, 1.165) is 4.88 Å². The van der Waals surface area contributed by atoms with Crippen LogP contribution in [0.5, 0.6) is 0 Å². The van der Waals surface area contributed by atoms with Gasteiger partial charge in [0.05, 0.1) is 12.5 Å². The Hall–Kier alpha value is -0.550. The highest BCUT2D eigenvalue weighted by Gasteiger charge is 2.32. The minimum Gasteiger partial charge on any atom is -0.387 e. The van der Waals surface area contributed by atoms with E-state index in [1.165, 1.54) is 17.4 Å². The van der Waals surface area contributed by atoms with Crippen LogP contribution in [0.1, 0.15) is 22.3 Å². The van der Waals surface area contributed by atoms with Crippen LogP contribution in [-0.2, 0) is 0 Å². The van der Waals surface area contributed by atoms with Gasteiger partial charge in [-0.15, -0.1) is 11.3 Å². The smallest absolute Gasteiger partial charge is 0.387 e. The van der Waals surface area contributed by atoms with E-state index in [-0.39, 0.29) is 0 Å². The molecular weight excluding hydrogens is 201 g/mol. The van der Waals surface area contributed by atoms with E-state index in [1.54, 1.807) is 13.0 Å². The van der Waals surface area contributed by atoms with Crippen LogP contribution in [0.25, 0.3) is 0 Å². The van der Waals surface area contributed by atoms with E-state index in [1.807, 2.05) is 0 Å². The predicted octanol–water partition coefficient (Wildman–Crippen LogP) is 3.04. The van der Waals surface area contributed by atoms with Crippen molar-refractivity contribution >= 4 is 11.3 Å². The Morgan fingerprint density at radius 3 is 2.46 bits per heavy atom. The van der Waals surface area contributed by atoms with E-state index in [9.17, 15) is 13.2 Å². The SMILES string of the molecule is Cc1ccc(C(O)CC(F)(F)F)s1. The third kappa shape index (κ3) is 3.36. The first-order valence-corrected chi connectivity index (χ1v) is 4.51. The van der Waals surface area contributed by atoms with Crippen LogP contribution >= 0.6 is 11.3 Å². The summed E-state index contributed by atoms with van der Waals surface area (Å²) in [5, 5.41) is 9.16. The summed E-state index contributed by atoms with van der Waals surface area (Å²) in [5.74, 6) is 0. The molecule has 0 aliphatic carbocycles. The van der Waals surface area contributed by atoms with Crippen LogP contribution in [0, 0.1) is 6.92 Å². The van der Waals surface area contributed by atoms with Crippen molar-refractivity contribution in [2.75, 3.05) is 0 Å². The number of hydrogen-bond acceptors (Lipinski definition) is 2. The van der Waals surface area contributed by atoms with Gasteiger partial charge < -0.3 is 5.11 Å². The molecule has 13 heavy (non-hydrogen) atoms. The maximum absolute atomic E-state index is 11.8. The van der Waals surface area contributed by atoms with Gasteiger partial charge in [0.25, 0.3) is 0 Å². The first-order chi connectivity index (χ1) is 5.88. The van der Waals surface area contributed by atoms with Crippen molar-refractivity contribution in [1.82, 2.24) is 0 Å². The molecule has 0 aromatic carbocycles. The predicted molar refractivity (Wildman–Crippen MR) is 44.7 cm³/mol. The first kappa shape index (κ1) is 10.5. The summed E-state index contributed by atoms with van der Waals surface area (Å²) in [6, 6.07) is 3.22. The van der Waals surface area contributed by atoms with Crippen molar-refractivity contribution in [3.8, 4) is 0 Å². The minimum absolute atomic E-state index is 0.370. The van der Waals surface area contributed by atoms with Crippen molar-refractivity contribution in [2.45, 2.75) is 25.6 Å². The Morgan fingerprint density at radius 2 is 2.08 bits per heavy atom. The van der Waals surface area contributed by atoms with Crippen molar-refractivity contribution in [3.05, 3.63) is 21.9 Å². The Morgan fingerprint density at radius 1 is 1.46 bits per heavy atom. The summed E-state index contributed by atoms with van der Waals surface area (Å²) in [6.45, 7) is 1.79. The van der Waals surface area contributed by atoms with Crippen molar-refractivity contribution in [1.29, 1.82) is 0 Å². The number of thiophene rings is 1. The second kappa shape index (κ2) is 3.67. The molecule has 1 aromatic rings. The second-order valence-electron chi connectivity index (χ2n) is 2.78. The topological polar surface area (TPSA) is 20.2 Å². The summed E-state index contributed by atoms with van der Waals surface area (Å²) < 4.78 is 35.5. The van der Waals surface area contributed by atoms with Crippen LogP contribution < -0.4 is 0 Å². The number of aliphatic hydroxyl groups excluding tert-OH is 1. The molecule has 74 valence electrons. The molecule has 0 saturated heterocycles. The molecule has 5 heteroatoms. The normalized spacial score (nSPS) is 14.5. The molecule has 0 bridgehead atoms. The molecule has 1 nitrogen and oxygen atoms in total. The summed E-state index contributed by atoms with van der Waals surface area (Å²) >= 11 is 1.19. The average molecular weight is 210 g/mol. The fourth-order valence-electron chi connectivity index (χ4n) is 0.952. The molecule has 1 atom stereocenters. The third-order valence-electron chi connectivity index (χ3n) is 1.51. The van der Waals surface area contributed by atoms with Gasteiger partial charge in [-0.1, -0.05) is 0 Å². The van der Waals surface area contributed by atoms with E-state index in [4.69, 9.17) is 5.11 Å². The molecule has 0 spiro atoms. The zero-order valence-corrected chi connectivity index (χ0v) is 7.75. The van der Waals surface area contributed by atoms with Crippen LogP contribution in [0.4, 0.5) is 13.2 Å². The van der Waals surface area contributed by atoms with E-state index >= 15 is 0 Å². The lowest BCUT2D eigenvalue weighted by Gasteiger charge is -2.10. The standard InChI is InChI=1S/C8H9F3OS/c1-5-2-3-7(13-5)6(12)4-8(9,10)11/h2-3,6,12H,4H2,1H3. The molecule has 1 unspecified atom stereocenters.